The lowest BCUT2D eigenvalue weighted by atomic mass is 9.97. The number of nitrogens with zero attached hydrogens (tertiary/aromatic N) is 1. The molecule has 0 bridgehead atoms. The zero-order chi connectivity index (χ0) is 17.6. The monoisotopic (exact) mass is 336 g/mol. The minimum atomic E-state index is -0.891. The molecule has 0 spiro atoms. The highest BCUT2D eigenvalue weighted by Gasteiger charge is 2.40. The van der Waals surface area contributed by atoms with Crippen molar-refractivity contribution in [2.24, 2.45) is 5.73 Å². The first-order valence-corrected chi connectivity index (χ1v) is 7.82. The molecule has 24 heavy (non-hydrogen) atoms. The SMILES string of the molecule is COC[C@@]1(CC(N)=O)CN(C(=O)COc2ccc(C)cc2)CCO1. The van der Waals surface area contributed by atoms with Crippen LogP contribution < -0.4 is 10.5 Å². The Hall–Kier alpha value is -2.12. The maximum absolute atomic E-state index is 12.4. The van der Waals surface area contributed by atoms with E-state index in [0.717, 1.165) is 5.56 Å². The molecule has 0 aromatic heterocycles. The number of rotatable bonds is 7. The molecule has 0 aliphatic carbocycles. The molecule has 7 nitrogen and oxygen atoms in total. The Labute approximate surface area is 141 Å². The van der Waals surface area contributed by atoms with E-state index in [1.54, 1.807) is 4.90 Å². The minimum absolute atomic E-state index is 0.00341. The molecule has 0 radical (unpaired) electrons. The van der Waals surface area contributed by atoms with E-state index < -0.39 is 11.5 Å². The second-order valence-corrected chi connectivity index (χ2v) is 6.02. The highest BCUT2D eigenvalue weighted by molar-refractivity contribution is 5.78. The average molecular weight is 336 g/mol. The van der Waals surface area contributed by atoms with Crippen molar-refractivity contribution in [2.45, 2.75) is 18.9 Å². The number of primary amides is 1. The van der Waals surface area contributed by atoms with Crippen LogP contribution in [0, 0.1) is 6.92 Å². The van der Waals surface area contributed by atoms with Crippen molar-refractivity contribution in [3.05, 3.63) is 29.8 Å². The van der Waals surface area contributed by atoms with Gasteiger partial charge in [-0.2, -0.15) is 0 Å². The maximum atomic E-state index is 12.4. The van der Waals surface area contributed by atoms with Crippen LogP contribution >= 0.6 is 0 Å². The molecule has 2 rings (SSSR count). The van der Waals surface area contributed by atoms with Crippen LogP contribution in [0.1, 0.15) is 12.0 Å². The fourth-order valence-corrected chi connectivity index (χ4v) is 2.75. The summed E-state index contributed by atoms with van der Waals surface area (Å²) < 4.78 is 16.4. The number of benzene rings is 1. The molecule has 1 atom stereocenters. The average Bonchev–Trinajstić information content (AvgIpc) is 2.53. The number of hydrogen-bond acceptors (Lipinski definition) is 5. The van der Waals surface area contributed by atoms with Crippen LogP contribution in [0.4, 0.5) is 0 Å². The van der Waals surface area contributed by atoms with Gasteiger partial charge in [0.05, 0.1) is 26.2 Å². The quantitative estimate of drug-likeness (QED) is 0.783. The molecule has 132 valence electrons. The Morgan fingerprint density at radius 2 is 2.04 bits per heavy atom. The molecular weight excluding hydrogens is 312 g/mol. The zero-order valence-corrected chi connectivity index (χ0v) is 14.1. The number of carbonyl (C=O) groups excluding carboxylic acids is 2. The van der Waals surface area contributed by atoms with Crippen molar-refractivity contribution in [2.75, 3.05) is 40.0 Å². The van der Waals surface area contributed by atoms with E-state index in [1.165, 1.54) is 7.11 Å². The molecule has 1 aromatic carbocycles. The summed E-state index contributed by atoms with van der Waals surface area (Å²) in [5.41, 5.74) is 5.54. The highest BCUT2D eigenvalue weighted by atomic mass is 16.5. The van der Waals surface area contributed by atoms with E-state index in [2.05, 4.69) is 0 Å². The van der Waals surface area contributed by atoms with Crippen LogP contribution in [-0.4, -0.2) is 62.3 Å². The number of methoxy groups -OCH3 is 1. The van der Waals surface area contributed by atoms with Gasteiger partial charge in [0, 0.05) is 13.7 Å². The normalized spacial score (nSPS) is 20.7. The molecule has 1 aliphatic rings. The van der Waals surface area contributed by atoms with E-state index in [-0.39, 0.29) is 32.1 Å². The number of hydrogen-bond donors (Lipinski definition) is 1. The van der Waals surface area contributed by atoms with Gasteiger partial charge in [0.1, 0.15) is 11.4 Å². The Balaban J connectivity index is 1.95. The molecule has 1 fully saturated rings. The Morgan fingerprint density at radius 1 is 1.33 bits per heavy atom. The fraction of sp³-hybridized carbons (Fsp3) is 0.529. The number of aryl methyl sites for hydroxylation is 1. The number of morpholine rings is 1. The van der Waals surface area contributed by atoms with Gasteiger partial charge in [0.15, 0.2) is 6.61 Å². The van der Waals surface area contributed by atoms with Crippen molar-refractivity contribution < 1.29 is 23.8 Å². The van der Waals surface area contributed by atoms with E-state index in [1.807, 2.05) is 31.2 Å². The molecule has 2 N–H and O–H groups in total. The van der Waals surface area contributed by atoms with E-state index in [0.29, 0.717) is 18.9 Å². The Kier molecular flexibility index (Phi) is 6.16. The first-order chi connectivity index (χ1) is 11.4. The van der Waals surface area contributed by atoms with Gasteiger partial charge >= 0.3 is 0 Å². The van der Waals surface area contributed by atoms with Crippen molar-refractivity contribution in [1.82, 2.24) is 4.90 Å². The summed E-state index contributed by atoms with van der Waals surface area (Å²) in [6.07, 6.45) is 0.00341. The summed E-state index contributed by atoms with van der Waals surface area (Å²) in [7, 11) is 1.52. The number of carbonyl (C=O) groups is 2. The lowest BCUT2D eigenvalue weighted by molar-refractivity contribution is -0.167. The fourth-order valence-electron chi connectivity index (χ4n) is 2.75. The predicted molar refractivity (Wildman–Crippen MR) is 87.6 cm³/mol. The standard InChI is InChI=1S/C17H24N2O5/c1-13-3-5-14(6-4-13)23-10-16(21)19-7-8-24-17(11-19,12-22-2)9-15(18)20/h3-6H,7-12H2,1-2H3,(H2,18,20)/t17-/m1/s1. The molecule has 1 saturated heterocycles. The van der Waals surface area contributed by atoms with Gasteiger partial charge in [0.25, 0.3) is 5.91 Å². The summed E-state index contributed by atoms with van der Waals surface area (Å²) in [6.45, 7) is 3.13. The van der Waals surface area contributed by atoms with Crippen molar-refractivity contribution in [3.63, 3.8) is 0 Å². The molecule has 7 heteroatoms. The molecule has 1 heterocycles. The summed E-state index contributed by atoms with van der Waals surface area (Å²) in [5.74, 6) is -0.0106. The molecule has 0 saturated carbocycles. The number of amides is 2. The van der Waals surface area contributed by atoms with E-state index in [9.17, 15) is 9.59 Å². The highest BCUT2D eigenvalue weighted by Crippen LogP contribution is 2.23. The predicted octanol–water partition coefficient (Wildman–Crippen LogP) is 0.493. The third-order valence-electron chi connectivity index (χ3n) is 3.89. The van der Waals surface area contributed by atoms with Gasteiger partial charge in [-0.15, -0.1) is 0 Å². The largest absolute Gasteiger partial charge is 0.484 e. The van der Waals surface area contributed by atoms with Crippen molar-refractivity contribution >= 4 is 11.8 Å². The molecule has 1 aromatic rings. The summed E-state index contributed by atoms with van der Waals surface area (Å²) in [5, 5.41) is 0. The van der Waals surface area contributed by atoms with Gasteiger partial charge in [0.2, 0.25) is 5.91 Å². The topological polar surface area (TPSA) is 91.1 Å². The van der Waals surface area contributed by atoms with Crippen LogP contribution in [0.15, 0.2) is 24.3 Å². The summed E-state index contributed by atoms with van der Waals surface area (Å²) in [4.78, 5) is 25.4. The lowest BCUT2D eigenvalue weighted by Gasteiger charge is -2.41. The minimum Gasteiger partial charge on any atom is -0.484 e. The lowest BCUT2D eigenvalue weighted by Crippen LogP contribution is -2.58. The van der Waals surface area contributed by atoms with E-state index in [4.69, 9.17) is 19.9 Å². The zero-order valence-electron chi connectivity index (χ0n) is 14.1. The van der Waals surface area contributed by atoms with Gasteiger partial charge in [-0.25, -0.2) is 0 Å². The third-order valence-corrected chi connectivity index (χ3v) is 3.89. The van der Waals surface area contributed by atoms with Gasteiger partial charge in [-0.1, -0.05) is 17.7 Å². The number of ether oxygens (including phenoxy) is 3. The second kappa shape index (κ2) is 8.12. The smallest absolute Gasteiger partial charge is 0.260 e. The second-order valence-electron chi connectivity index (χ2n) is 6.02. The van der Waals surface area contributed by atoms with E-state index >= 15 is 0 Å². The van der Waals surface area contributed by atoms with Crippen LogP contribution in [0.2, 0.25) is 0 Å². The molecule has 2 amide bonds. The van der Waals surface area contributed by atoms with Crippen molar-refractivity contribution in [3.8, 4) is 5.75 Å². The van der Waals surface area contributed by atoms with Gasteiger partial charge < -0.3 is 24.8 Å². The third kappa shape index (κ3) is 4.94. The maximum Gasteiger partial charge on any atom is 0.260 e. The van der Waals surface area contributed by atoms with Gasteiger partial charge in [-0.05, 0) is 19.1 Å². The van der Waals surface area contributed by atoms with Crippen molar-refractivity contribution in [1.29, 1.82) is 0 Å². The summed E-state index contributed by atoms with van der Waals surface area (Å²) in [6, 6.07) is 7.49. The Morgan fingerprint density at radius 3 is 2.67 bits per heavy atom. The molecule has 0 unspecified atom stereocenters. The van der Waals surface area contributed by atoms with Crippen LogP contribution in [0.5, 0.6) is 5.75 Å². The number of nitrogens with two attached hydrogens (primary N) is 1. The first kappa shape index (κ1) is 18.2. The van der Waals surface area contributed by atoms with Crippen LogP contribution in [-0.2, 0) is 19.1 Å². The van der Waals surface area contributed by atoms with Crippen LogP contribution in [0.25, 0.3) is 0 Å². The first-order valence-electron chi connectivity index (χ1n) is 7.82. The van der Waals surface area contributed by atoms with Crippen LogP contribution in [0.3, 0.4) is 0 Å². The Bertz CT molecular complexity index is 571. The summed E-state index contributed by atoms with van der Waals surface area (Å²) >= 11 is 0. The van der Waals surface area contributed by atoms with Gasteiger partial charge in [-0.3, -0.25) is 9.59 Å². The molecular formula is C17H24N2O5. The molecule has 1 aliphatic heterocycles.